The molecule has 3 aliphatic rings. The summed E-state index contributed by atoms with van der Waals surface area (Å²) in [6.07, 6.45) is 3.22. The van der Waals surface area contributed by atoms with E-state index in [0.717, 1.165) is 43.9 Å². The summed E-state index contributed by atoms with van der Waals surface area (Å²) in [5.74, 6) is 1.71. The van der Waals surface area contributed by atoms with E-state index in [1.54, 1.807) is 25.3 Å². The molecule has 6 heteroatoms. The molecule has 0 bridgehead atoms. The maximum Gasteiger partial charge on any atom is 0.339 e. The van der Waals surface area contributed by atoms with E-state index in [1.165, 1.54) is 11.1 Å². The number of carbonyl (C=O) groups is 1. The predicted octanol–water partition coefficient (Wildman–Crippen LogP) is 5.23. The fourth-order valence-electron chi connectivity index (χ4n) is 6.03. The third-order valence-electron chi connectivity index (χ3n) is 7.72. The van der Waals surface area contributed by atoms with E-state index in [4.69, 9.17) is 25.8 Å². The second-order valence-electron chi connectivity index (χ2n) is 9.49. The second kappa shape index (κ2) is 8.27. The molecule has 170 valence electrons. The van der Waals surface area contributed by atoms with Crippen LogP contribution in [0.15, 0.2) is 36.4 Å². The highest BCUT2D eigenvalue weighted by atomic mass is 35.5. The topological polar surface area (TPSA) is 48.0 Å². The Bertz CT molecular complexity index is 1040. The van der Waals surface area contributed by atoms with Gasteiger partial charge in [0.1, 0.15) is 12.2 Å². The molecule has 5 rings (SSSR count). The Morgan fingerprint density at radius 2 is 2.03 bits per heavy atom. The van der Waals surface area contributed by atoms with Gasteiger partial charge in [0.25, 0.3) is 0 Å². The summed E-state index contributed by atoms with van der Waals surface area (Å²) in [5, 5.41) is 0.418. The van der Waals surface area contributed by atoms with Crippen molar-refractivity contribution in [2.24, 2.45) is 5.92 Å². The van der Waals surface area contributed by atoms with Gasteiger partial charge in [-0.05, 0) is 62.5 Å². The average molecular weight is 456 g/mol. The van der Waals surface area contributed by atoms with Crippen molar-refractivity contribution >= 4 is 17.6 Å². The van der Waals surface area contributed by atoms with Gasteiger partial charge in [-0.3, -0.25) is 0 Å². The highest BCUT2D eigenvalue weighted by Gasteiger charge is 2.56. The zero-order valence-electron chi connectivity index (χ0n) is 18.9. The molecular weight excluding hydrogens is 426 g/mol. The Morgan fingerprint density at radius 3 is 2.81 bits per heavy atom. The van der Waals surface area contributed by atoms with E-state index in [2.05, 4.69) is 24.9 Å². The summed E-state index contributed by atoms with van der Waals surface area (Å²) in [4.78, 5) is 15.3. The maximum atomic E-state index is 12.9. The zero-order chi connectivity index (χ0) is 22.5. The van der Waals surface area contributed by atoms with Crippen LogP contribution in [0.4, 0.5) is 0 Å². The molecule has 0 aromatic heterocycles. The van der Waals surface area contributed by atoms with E-state index < -0.39 is 0 Å². The molecule has 1 fully saturated rings. The average Bonchev–Trinajstić information content (AvgIpc) is 2.94. The standard InChI is InChI=1S/C26H30ClNO4/c1-16-8-10-18(31-25(29)19-6-4-5-7-20(19)27)14-22-26(16)12-13-28(2)15-17-9-11-21(30-3)24(32-22)23(17)26/h4-7,9,11,16,18,22H,8,10,12-15H2,1-3H3/t16?,18-,22?,26+/m0/s1. The van der Waals surface area contributed by atoms with Crippen LogP contribution in [0.5, 0.6) is 11.5 Å². The van der Waals surface area contributed by atoms with Gasteiger partial charge in [0, 0.05) is 23.9 Å². The van der Waals surface area contributed by atoms with Gasteiger partial charge in [-0.2, -0.15) is 0 Å². The molecule has 2 aromatic rings. The third kappa shape index (κ3) is 3.37. The first-order valence-electron chi connectivity index (χ1n) is 11.4. The van der Waals surface area contributed by atoms with E-state index in [-0.39, 0.29) is 23.6 Å². The minimum atomic E-state index is -0.362. The van der Waals surface area contributed by atoms with Gasteiger partial charge >= 0.3 is 5.97 Å². The molecule has 0 N–H and O–H groups in total. The summed E-state index contributed by atoms with van der Waals surface area (Å²) in [5.41, 5.74) is 2.95. The van der Waals surface area contributed by atoms with E-state index in [9.17, 15) is 4.79 Å². The quantitative estimate of drug-likeness (QED) is 0.593. The van der Waals surface area contributed by atoms with Crippen LogP contribution in [0.3, 0.4) is 0 Å². The molecule has 0 amide bonds. The first-order valence-corrected chi connectivity index (χ1v) is 11.8. The molecule has 2 aromatic carbocycles. The summed E-state index contributed by atoms with van der Waals surface area (Å²) in [7, 11) is 3.88. The lowest BCUT2D eigenvalue weighted by Crippen LogP contribution is -2.44. The fraction of sp³-hybridized carbons (Fsp3) is 0.500. The van der Waals surface area contributed by atoms with Crippen LogP contribution in [0, 0.1) is 5.92 Å². The van der Waals surface area contributed by atoms with Crippen LogP contribution in [0.25, 0.3) is 0 Å². The number of esters is 1. The van der Waals surface area contributed by atoms with Crippen LogP contribution < -0.4 is 9.47 Å². The Hall–Kier alpha value is -2.24. The molecule has 1 saturated carbocycles. The number of ether oxygens (including phenoxy) is 3. The molecular formula is C26H30ClNO4. The van der Waals surface area contributed by atoms with Crippen molar-refractivity contribution in [1.82, 2.24) is 4.90 Å². The van der Waals surface area contributed by atoms with Gasteiger partial charge in [0.2, 0.25) is 0 Å². The minimum Gasteiger partial charge on any atom is -0.493 e. The number of nitrogens with zero attached hydrogens (tertiary/aromatic N) is 1. The number of benzene rings is 2. The molecule has 0 radical (unpaired) electrons. The molecule has 2 aliphatic heterocycles. The number of methoxy groups -OCH3 is 1. The van der Waals surface area contributed by atoms with Gasteiger partial charge in [0.05, 0.1) is 17.7 Å². The number of halogens is 1. The van der Waals surface area contributed by atoms with Crippen LogP contribution in [-0.4, -0.2) is 43.8 Å². The fourth-order valence-corrected chi connectivity index (χ4v) is 6.24. The SMILES string of the molecule is COc1ccc2c3c1OC1C[C@@H](OC(=O)c4ccccc4Cl)CCC(C)[C@@]31CCN(C)C2. The van der Waals surface area contributed by atoms with E-state index in [0.29, 0.717) is 22.9 Å². The molecule has 1 spiro atoms. The third-order valence-corrected chi connectivity index (χ3v) is 8.05. The van der Waals surface area contributed by atoms with Crippen molar-refractivity contribution < 1.29 is 19.0 Å². The molecule has 1 aliphatic carbocycles. The lowest BCUT2D eigenvalue weighted by molar-refractivity contribution is 0.0136. The van der Waals surface area contributed by atoms with Crippen LogP contribution in [0.1, 0.15) is 54.1 Å². The molecule has 0 saturated heterocycles. The minimum absolute atomic E-state index is 0.0550. The van der Waals surface area contributed by atoms with Crippen molar-refractivity contribution in [3.8, 4) is 11.5 Å². The van der Waals surface area contributed by atoms with Crippen molar-refractivity contribution in [2.45, 2.75) is 56.8 Å². The normalized spacial score (nSPS) is 29.2. The second-order valence-corrected chi connectivity index (χ2v) is 9.89. The van der Waals surface area contributed by atoms with Crippen molar-refractivity contribution in [3.63, 3.8) is 0 Å². The number of carbonyl (C=O) groups excluding carboxylic acids is 1. The highest BCUT2D eigenvalue weighted by molar-refractivity contribution is 6.33. The maximum absolute atomic E-state index is 12.9. The van der Waals surface area contributed by atoms with Crippen LogP contribution >= 0.6 is 11.6 Å². The Labute approximate surface area is 194 Å². The monoisotopic (exact) mass is 455 g/mol. The molecule has 4 atom stereocenters. The van der Waals surface area contributed by atoms with Crippen molar-refractivity contribution in [1.29, 1.82) is 0 Å². The Balaban J connectivity index is 1.49. The summed E-state index contributed by atoms with van der Waals surface area (Å²) < 4.78 is 18.4. The first-order chi connectivity index (χ1) is 15.4. The summed E-state index contributed by atoms with van der Waals surface area (Å²) in [6, 6.07) is 11.3. The Morgan fingerprint density at radius 1 is 1.22 bits per heavy atom. The Kier molecular flexibility index (Phi) is 5.58. The van der Waals surface area contributed by atoms with Crippen molar-refractivity contribution in [2.75, 3.05) is 20.7 Å². The van der Waals surface area contributed by atoms with Gasteiger partial charge in [-0.25, -0.2) is 4.79 Å². The number of hydrogen-bond donors (Lipinski definition) is 0. The van der Waals surface area contributed by atoms with Gasteiger partial charge in [-0.1, -0.05) is 36.7 Å². The van der Waals surface area contributed by atoms with Gasteiger partial charge in [-0.15, -0.1) is 0 Å². The smallest absolute Gasteiger partial charge is 0.339 e. The summed E-state index contributed by atoms with van der Waals surface area (Å²) >= 11 is 6.23. The largest absolute Gasteiger partial charge is 0.493 e. The summed E-state index contributed by atoms with van der Waals surface area (Å²) in [6.45, 7) is 4.24. The molecule has 2 heterocycles. The molecule has 2 unspecified atom stereocenters. The van der Waals surface area contributed by atoms with Crippen molar-refractivity contribution in [3.05, 3.63) is 58.1 Å². The molecule has 5 nitrogen and oxygen atoms in total. The lowest BCUT2D eigenvalue weighted by Gasteiger charge is -2.38. The zero-order valence-corrected chi connectivity index (χ0v) is 19.7. The number of rotatable bonds is 3. The van der Waals surface area contributed by atoms with Gasteiger partial charge < -0.3 is 19.1 Å². The van der Waals surface area contributed by atoms with E-state index >= 15 is 0 Å². The predicted molar refractivity (Wildman–Crippen MR) is 124 cm³/mol. The van der Waals surface area contributed by atoms with Crippen LogP contribution in [-0.2, 0) is 16.7 Å². The highest BCUT2D eigenvalue weighted by Crippen LogP contribution is 2.59. The molecule has 32 heavy (non-hydrogen) atoms. The van der Waals surface area contributed by atoms with Gasteiger partial charge in [0.15, 0.2) is 11.5 Å². The first kappa shape index (κ1) is 21.6. The van der Waals surface area contributed by atoms with Crippen LogP contribution in [0.2, 0.25) is 5.02 Å². The lowest BCUT2D eigenvalue weighted by atomic mass is 9.64. The van der Waals surface area contributed by atoms with E-state index in [1.807, 2.05) is 12.1 Å². The number of hydrogen-bond acceptors (Lipinski definition) is 5.